The molecule has 0 unspecified atom stereocenters. The number of esters is 1. The van der Waals surface area contributed by atoms with Crippen molar-refractivity contribution in [2.45, 2.75) is 63.9 Å². The van der Waals surface area contributed by atoms with Gasteiger partial charge in [-0.2, -0.15) is 0 Å². The van der Waals surface area contributed by atoms with Crippen molar-refractivity contribution in [3.8, 4) is 0 Å². The van der Waals surface area contributed by atoms with Crippen molar-refractivity contribution in [2.75, 3.05) is 7.11 Å². The van der Waals surface area contributed by atoms with Crippen LogP contribution in [-0.4, -0.2) is 43.0 Å². The second-order valence-corrected chi connectivity index (χ2v) is 10.9. The van der Waals surface area contributed by atoms with Crippen LogP contribution in [0.4, 0.5) is 4.79 Å². The zero-order chi connectivity index (χ0) is 27.2. The quantitative estimate of drug-likeness (QED) is 0.284. The fraction of sp³-hybridized carbons (Fsp3) is 0.375. The predicted octanol–water partition coefficient (Wildman–Crippen LogP) is 5.53. The van der Waals surface area contributed by atoms with E-state index in [9.17, 15) is 9.59 Å². The van der Waals surface area contributed by atoms with Gasteiger partial charge in [0.15, 0.2) is 0 Å². The van der Waals surface area contributed by atoms with Crippen LogP contribution in [0.15, 0.2) is 91.0 Å². The largest absolute Gasteiger partial charge is 0.468 e. The van der Waals surface area contributed by atoms with E-state index in [0.717, 1.165) is 16.7 Å². The normalized spacial score (nSPS) is 17.8. The second-order valence-electron chi connectivity index (χ2n) is 10.9. The Bertz CT molecular complexity index is 1150. The molecule has 1 amide bonds. The number of hydrogen-bond acceptors (Lipinski definition) is 5. The number of carbonyl (C=O) groups is 2. The molecule has 1 heterocycles. The van der Waals surface area contributed by atoms with Crippen LogP contribution in [0.3, 0.4) is 0 Å². The Hall–Kier alpha value is -3.64. The van der Waals surface area contributed by atoms with E-state index < -0.39 is 35.4 Å². The number of ether oxygens (including phenoxy) is 3. The Balaban J connectivity index is 1.68. The average Bonchev–Trinajstić information content (AvgIpc) is 3.70. The molecule has 4 rings (SSSR count). The van der Waals surface area contributed by atoms with Crippen molar-refractivity contribution >= 4 is 12.1 Å². The molecule has 1 saturated heterocycles. The van der Waals surface area contributed by atoms with Gasteiger partial charge >= 0.3 is 12.1 Å². The van der Waals surface area contributed by atoms with E-state index in [1.54, 1.807) is 0 Å². The Morgan fingerprint density at radius 1 is 0.816 bits per heavy atom. The van der Waals surface area contributed by atoms with Gasteiger partial charge < -0.3 is 19.5 Å². The van der Waals surface area contributed by atoms with E-state index in [4.69, 9.17) is 14.2 Å². The minimum atomic E-state index is -0.979. The summed E-state index contributed by atoms with van der Waals surface area (Å²) in [4.78, 5) is 26.5. The summed E-state index contributed by atoms with van der Waals surface area (Å²) in [5.41, 5.74) is 1.47. The maximum Gasteiger partial charge on any atom is 0.407 e. The van der Waals surface area contributed by atoms with Crippen LogP contribution >= 0.6 is 0 Å². The first-order valence-electron chi connectivity index (χ1n) is 13.1. The lowest BCUT2D eigenvalue weighted by molar-refractivity contribution is -0.154. The molecule has 38 heavy (non-hydrogen) atoms. The molecule has 0 radical (unpaired) electrons. The molecule has 1 N–H and O–H groups in total. The van der Waals surface area contributed by atoms with E-state index in [2.05, 4.69) is 5.32 Å². The SMILES string of the molecule is COC(=O)C(Cc1ccccc1)(Cc1ccccc1)[C@@H]1O[C@H]1[C@H](Cc1ccccc1)NC(=O)OC(C)(C)C. The van der Waals surface area contributed by atoms with Crippen LogP contribution in [-0.2, 0) is 38.3 Å². The first-order valence-corrected chi connectivity index (χ1v) is 13.1. The molecule has 0 aliphatic carbocycles. The zero-order valence-corrected chi connectivity index (χ0v) is 22.6. The van der Waals surface area contributed by atoms with E-state index in [1.165, 1.54) is 7.11 Å². The number of methoxy groups -OCH3 is 1. The van der Waals surface area contributed by atoms with Gasteiger partial charge in [0.2, 0.25) is 0 Å². The third-order valence-electron chi connectivity index (χ3n) is 6.78. The summed E-state index contributed by atoms with van der Waals surface area (Å²) in [5, 5.41) is 3.03. The van der Waals surface area contributed by atoms with Crippen molar-refractivity contribution in [3.63, 3.8) is 0 Å². The van der Waals surface area contributed by atoms with Gasteiger partial charge in [-0.1, -0.05) is 91.0 Å². The molecule has 200 valence electrons. The van der Waals surface area contributed by atoms with Crippen molar-refractivity contribution in [3.05, 3.63) is 108 Å². The maximum absolute atomic E-state index is 13.6. The summed E-state index contributed by atoms with van der Waals surface area (Å²) in [6, 6.07) is 29.4. The van der Waals surface area contributed by atoms with Crippen molar-refractivity contribution in [1.29, 1.82) is 0 Å². The summed E-state index contributed by atoms with van der Waals surface area (Å²) in [7, 11) is 1.42. The van der Waals surface area contributed by atoms with Gasteiger partial charge in [-0.3, -0.25) is 4.79 Å². The van der Waals surface area contributed by atoms with Crippen LogP contribution < -0.4 is 5.32 Å². The molecular weight excluding hydrogens is 478 g/mol. The van der Waals surface area contributed by atoms with Gasteiger partial charge in [0, 0.05) is 0 Å². The lowest BCUT2D eigenvalue weighted by Crippen LogP contribution is -2.48. The number of carbonyl (C=O) groups excluding carboxylic acids is 2. The van der Waals surface area contributed by atoms with Crippen molar-refractivity contribution < 1.29 is 23.8 Å². The molecule has 0 spiro atoms. The summed E-state index contributed by atoms with van der Waals surface area (Å²) < 4.78 is 17.3. The molecule has 3 aromatic carbocycles. The Labute approximate surface area is 225 Å². The molecule has 0 bridgehead atoms. The second kappa shape index (κ2) is 11.8. The lowest BCUT2D eigenvalue weighted by Gasteiger charge is -2.31. The predicted molar refractivity (Wildman–Crippen MR) is 147 cm³/mol. The molecule has 1 aliphatic heterocycles. The van der Waals surface area contributed by atoms with Crippen molar-refractivity contribution in [2.24, 2.45) is 5.41 Å². The lowest BCUT2D eigenvalue weighted by atomic mass is 9.72. The third kappa shape index (κ3) is 7.01. The van der Waals surface area contributed by atoms with Crippen LogP contribution in [0.25, 0.3) is 0 Å². The molecular formula is C32H37NO5. The van der Waals surface area contributed by atoms with E-state index in [-0.39, 0.29) is 5.97 Å². The number of epoxide rings is 1. The number of benzene rings is 3. The fourth-order valence-electron chi connectivity index (χ4n) is 5.10. The highest BCUT2D eigenvalue weighted by Gasteiger charge is 2.62. The molecule has 6 nitrogen and oxygen atoms in total. The highest BCUT2D eigenvalue weighted by atomic mass is 16.6. The van der Waals surface area contributed by atoms with Gasteiger partial charge in [-0.05, 0) is 56.7 Å². The average molecular weight is 516 g/mol. The van der Waals surface area contributed by atoms with Gasteiger partial charge in [-0.15, -0.1) is 0 Å². The number of alkyl carbamates (subject to hydrolysis) is 1. The molecule has 3 atom stereocenters. The fourth-order valence-corrected chi connectivity index (χ4v) is 5.10. The summed E-state index contributed by atoms with van der Waals surface area (Å²) >= 11 is 0. The summed E-state index contributed by atoms with van der Waals surface area (Å²) in [5.74, 6) is -0.326. The molecule has 0 aromatic heterocycles. The number of amides is 1. The molecule has 6 heteroatoms. The Morgan fingerprint density at radius 2 is 1.29 bits per heavy atom. The molecule has 3 aromatic rings. The van der Waals surface area contributed by atoms with Gasteiger partial charge in [0.05, 0.1) is 13.2 Å². The van der Waals surface area contributed by atoms with Crippen LogP contribution in [0.5, 0.6) is 0 Å². The van der Waals surface area contributed by atoms with Gasteiger partial charge in [0.1, 0.15) is 23.2 Å². The van der Waals surface area contributed by atoms with E-state index in [0.29, 0.717) is 19.3 Å². The minimum Gasteiger partial charge on any atom is -0.468 e. The topological polar surface area (TPSA) is 77.2 Å². The maximum atomic E-state index is 13.6. The Morgan fingerprint density at radius 3 is 1.74 bits per heavy atom. The Kier molecular flexibility index (Phi) is 8.52. The van der Waals surface area contributed by atoms with Crippen LogP contribution in [0.2, 0.25) is 0 Å². The van der Waals surface area contributed by atoms with Crippen molar-refractivity contribution in [1.82, 2.24) is 5.32 Å². The van der Waals surface area contributed by atoms with Crippen LogP contribution in [0, 0.1) is 5.41 Å². The number of nitrogens with one attached hydrogen (secondary N) is 1. The van der Waals surface area contributed by atoms with Crippen LogP contribution in [0.1, 0.15) is 37.5 Å². The highest BCUT2D eigenvalue weighted by Crippen LogP contribution is 2.46. The molecule has 1 aliphatic rings. The molecule has 0 saturated carbocycles. The van der Waals surface area contributed by atoms with E-state index >= 15 is 0 Å². The summed E-state index contributed by atoms with van der Waals surface area (Å²) in [6.45, 7) is 5.49. The first kappa shape index (κ1) is 27.4. The van der Waals surface area contributed by atoms with Gasteiger partial charge in [0.25, 0.3) is 0 Å². The standard InChI is InChI=1S/C32H37NO5/c1-31(2,3)38-30(35)33-26(20-23-14-8-5-9-15-23)27-28(37-27)32(29(34)36-4,21-24-16-10-6-11-17-24)22-25-18-12-7-13-19-25/h5-19,26-28H,20-22H2,1-4H3,(H,33,35)/t26-,27-,28+/m0/s1. The van der Waals surface area contributed by atoms with Gasteiger partial charge in [-0.25, -0.2) is 4.79 Å². The van der Waals surface area contributed by atoms with E-state index in [1.807, 2.05) is 112 Å². The highest BCUT2D eigenvalue weighted by molar-refractivity contribution is 5.79. The minimum absolute atomic E-state index is 0.326. The first-order chi connectivity index (χ1) is 18.2. The monoisotopic (exact) mass is 515 g/mol. The summed E-state index contributed by atoms with van der Waals surface area (Å²) in [6.07, 6.45) is 0.0628. The number of rotatable bonds is 10. The number of hydrogen-bond donors (Lipinski definition) is 1. The third-order valence-corrected chi connectivity index (χ3v) is 6.78. The molecule has 1 fully saturated rings. The smallest absolute Gasteiger partial charge is 0.407 e. The zero-order valence-electron chi connectivity index (χ0n) is 22.6.